The van der Waals surface area contributed by atoms with Crippen LogP contribution in [0.3, 0.4) is 0 Å². The molecule has 2 aliphatic rings. The Bertz CT molecular complexity index is 1070. The normalized spacial score (nSPS) is 20.5. The molecule has 0 spiro atoms. The molecule has 26 heavy (non-hydrogen) atoms. The van der Waals surface area contributed by atoms with Gasteiger partial charge in [0, 0.05) is 48.8 Å². The third-order valence-electron chi connectivity index (χ3n) is 5.98. The predicted molar refractivity (Wildman–Crippen MR) is 105 cm³/mol. The number of hydrogen-bond acceptors (Lipinski definition) is 3. The zero-order chi connectivity index (χ0) is 17.1. The second kappa shape index (κ2) is 5.35. The average molecular weight is 343 g/mol. The van der Waals surface area contributed by atoms with Gasteiger partial charge in [-0.15, -0.1) is 0 Å². The van der Waals surface area contributed by atoms with Gasteiger partial charge in [-0.05, 0) is 30.2 Å². The molecule has 4 aromatic rings. The van der Waals surface area contributed by atoms with Crippen molar-refractivity contribution in [3.05, 3.63) is 59.8 Å². The predicted octanol–water partition coefficient (Wildman–Crippen LogP) is 3.29. The van der Waals surface area contributed by atoms with Gasteiger partial charge in [0.1, 0.15) is 0 Å². The maximum atomic E-state index is 4.80. The fraction of sp³-hybridized carbons (Fsp3) is 0.286. The molecule has 1 fully saturated rings. The number of fused-ring (bicyclic) bond motifs is 5. The Morgan fingerprint density at radius 2 is 1.77 bits per heavy atom. The third kappa shape index (κ3) is 2.10. The first-order valence-electron chi connectivity index (χ1n) is 9.37. The van der Waals surface area contributed by atoms with Gasteiger partial charge in [-0.2, -0.15) is 0 Å². The van der Waals surface area contributed by atoms with Crippen molar-refractivity contribution in [1.82, 2.24) is 19.9 Å². The summed E-state index contributed by atoms with van der Waals surface area (Å²) in [5.74, 6) is 1.01. The highest BCUT2D eigenvalue weighted by atomic mass is 15.3. The summed E-state index contributed by atoms with van der Waals surface area (Å²) < 4.78 is 0. The number of hydrogen-bond donors (Lipinski definition) is 2. The molecule has 1 atom stereocenters. The summed E-state index contributed by atoms with van der Waals surface area (Å²) in [5, 5.41) is 1.39. The van der Waals surface area contributed by atoms with Gasteiger partial charge < -0.3 is 14.9 Å². The van der Waals surface area contributed by atoms with Crippen molar-refractivity contribution in [3.63, 3.8) is 0 Å². The molecule has 5 nitrogen and oxygen atoms in total. The van der Waals surface area contributed by atoms with Gasteiger partial charge in [0.05, 0.1) is 11.0 Å². The summed E-state index contributed by atoms with van der Waals surface area (Å²) in [5.41, 5.74) is 6.35. The summed E-state index contributed by atoms with van der Waals surface area (Å²) in [6.45, 7) is 4.16. The van der Waals surface area contributed by atoms with Crippen LogP contribution in [0.15, 0.2) is 48.5 Å². The quantitative estimate of drug-likeness (QED) is 0.558. The van der Waals surface area contributed by atoms with Crippen molar-refractivity contribution in [2.45, 2.75) is 19.0 Å². The first kappa shape index (κ1) is 14.4. The highest BCUT2D eigenvalue weighted by Crippen LogP contribution is 2.32. The zero-order valence-corrected chi connectivity index (χ0v) is 14.6. The molecule has 2 aromatic heterocycles. The first-order chi connectivity index (χ1) is 12.8. The van der Waals surface area contributed by atoms with Crippen LogP contribution >= 0.6 is 0 Å². The van der Waals surface area contributed by atoms with E-state index in [0.29, 0.717) is 6.04 Å². The van der Waals surface area contributed by atoms with E-state index in [1.807, 2.05) is 6.07 Å². The van der Waals surface area contributed by atoms with E-state index in [9.17, 15) is 0 Å². The number of nitrogens with one attached hydrogen (secondary N) is 2. The van der Waals surface area contributed by atoms with Gasteiger partial charge in [0.15, 0.2) is 0 Å². The van der Waals surface area contributed by atoms with Crippen LogP contribution in [-0.4, -0.2) is 45.5 Å². The molecule has 130 valence electrons. The van der Waals surface area contributed by atoms with Gasteiger partial charge in [-0.1, -0.05) is 30.3 Å². The lowest BCUT2D eigenvalue weighted by molar-refractivity contribution is 0.152. The van der Waals surface area contributed by atoms with Crippen LogP contribution < -0.4 is 4.90 Å². The Morgan fingerprint density at radius 3 is 2.69 bits per heavy atom. The maximum Gasteiger partial charge on any atom is 0.203 e. The molecular formula is C21H21N5. The third-order valence-corrected chi connectivity index (χ3v) is 5.98. The lowest BCUT2D eigenvalue weighted by Gasteiger charge is -2.43. The highest BCUT2D eigenvalue weighted by Gasteiger charge is 2.34. The first-order valence-corrected chi connectivity index (χ1v) is 9.37. The molecule has 1 unspecified atom stereocenters. The molecule has 0 amide bonds. The van der Waals surface area contributed by atoms with Crippen molar-refractivity contribution in [2.75, 3.05) is 24.5 Å². The SMILES string of the molecule is c1ccc2[nH]c(N3CCN4Cc5[nH]c6ccccc6c5CC4C3)nc2c1. The summed E-state index contributed by atoms with van der Waals surface area (Å²) in [6, 6.07) is 17.5. The van der Waals surface area contributed by atoms with Crippen LogP contribution in [0.2, 0.25) is 0 Å². The van der Waals surface area contributed by atoms with Gasteiger partial charge in [0.25, 0.3) is 0 Å². The molecule has 2 aliphatic heterocycles. The molecule has 2 aromatic carbocycles. The molecule has 0 saturated carbocycles. The number of imidazole rings is 1. The van der Waals surface area contributed by atoms with E-state index in [0.717, 1.165) is 49.6 Å². The average Bonchev–Trinajstić information content (AvgIpc) is 3.27. The lowest BCUT2D eigenvalue weighted by Crippen LogP contribution is -2.55. The lowest BCUT2D eigenvalue weighted by atomic mass is 9.95. The van der Waals surface area contributed by atoms with Crippen molar-refractivity contribution in [1.29, 1.82) is 0 Å². The van der Waals surface area contributed by atoms with Crippen LogP contribution in [-0.2, 0) is 13.0 Å². The summed E-state index contributed by atoms with van der Waals surface area (Å²) in [6.07, 6.45) is 1.11. The van der Waals surface area contributed by atoms with Crippen LogP contribution in [0.4, 0.5) is 5.95 Å². The number of benzene rings is 2. The van der Waals surface area contributed by atoms with Crippen molar-refractivity contribution in [3.8, 4) is 0 Å². The Kier molecular flexibility index (Phi) is 2.96. The maximum absolute atomic E-state index is 4.80. The Morgan fingerprint density at radius 1 is 0.923 bits per heavy atom. The minimum absolute atomic E-state index is 0.545. The number of H-pyrrole nitrogens is 2. The number of piperazine rings is 1. The standard InChI is InChI=1S/C21H21N5/c1-2-6-17-15(5-1)16-11-14-12-26(10-9-25(14)13-20(16)22-17)21-23-18-7-3-4-8-19(18)24-21/h1-8,14,22H,9-13H2,(H,23,24). The molecular weight excluding hydrogens is 322 g/mol. The van der Waals surface area contributed by atoms with Crippen molar-refractivity contribution < 1.29 is 0 Å². The minimum atomic E-state index is 0.545. The number of aromatic amines is 2. The number of para-hydroxylation sites is 3. The fourth-order valence-corrected chi connectivity index (χ4v) is 4.64. The molecule has 0 radical (unpaired) electrons. The van der Waals surface area contributed by atoms with Crippen LogP contribution in [0.25, 0.3) is 21.9 Å². The summed E-state index contributed by atoms with van der Waals surface area (Å²) in [7, 11) is 0. The summed E-state index contributed by atoms with van der Waals surface area (Å²) >= 11 is 0. The molecule has 1 saturated heterocycles. The van der Waals surface area contributed by atoms with E-state index < -0.39 is 0 Å². The van der Waals surface area contributed by atoms with E-state index in [-0.39, 0.29) is 0 Å². The van der Waals surface area contributed by atoms with Crippen LogP contribution in [0, 0.1) is 0 Å². The second-order valence-corrected chi connectivity index (χ2v) is 7.48. The van der Waals surface area contributed by atoms with Crippen molar-refractivity contribution in [2.24, 2.45) is 0 Å². The second-order valence-electron chi connectivity index (χ2n) is 7.48. The topological polar surface area (TPSA) is 51.0 Å². The number of anilines is 1. The van der Waals surface area contributed by atoms with Gasteiger partial charge >= 0.3 is 0 Å². The number of rotatable bonds is 1. The van der Waals surface area contributed by atoms with E-state index >= 15 is 0 Å². The molecule has 6 rings (SSSR count). The number of nitrogens with zero attached hydrogens (tertiary/aromatic N) is 3. The van der Waals surface area contributed by atoms with Crippen molar-refractivity contribution >= 4 is 27.9 Å². The highest BCUT2D eigenvalue weighted by molar-refractivity contribution is 5.85. The molecule has 5 heteroatoms. The summed E-state index contributed by atoms with van der Waals surface area (Å²) in [4.78, 5) is 17.0. The zero-order valence-electron chi connectivity index (χ0n) is 14.6. The minimum Gasteiger partial charge on any atom is -0.357 e. The molecule has 4 heterocycles. The van der Waals surface area contributed by atoms with E-state index in [1.165, 1.54) is 22.2 Å². The molecule has 0 bridgehead atoms. The van der Waals surface area contributed by atoms with E-state index in [4.69, 9.17) is 4.98 Å². The fourth-order valence-electron chi connectivity index (χ4n) is 4.64. The molecule has 2 N–H and O–H groups in total. The van der Waals surface area contributed by atoms with Gasteiger partial charge in [-0.3, -0.25) is 4.90 Å². The van der Waals surface area contributed by atoms with Crippen LogP contribution in [0.1, 0.15) is 11.3 Å². The number of aromatic nitrogens is 3. The van der Waals surface area contributed by atoms with E-state index in [2.05, 4.69) is 62.2 Å². The largest absolute Gasteiger partial charge is 0.357 e. The smallest absolute Gasteiger partial charge is 0.203 e. The Hall–Kier alpha value is -2.79. The Balaban J connectivity index is 1.32. The van der Waals surface area contributed by atoms with Gasteiger partial charge in [0.2, 0.25) is 5.95 Å². The molecule has 0 aliphatic carbocycles. The van der Waals surface area contributed by atoms with Gasteiger partial charge in [-0.25, -0.2) is 4.98 Å². The monoisotopic (exact) mass is 343 g/mol. The van der Waals surface area contributed by atoms with Crippen LogP contribution in [0.5, 0.6) is 0 Å². The Labute approximate surface area is 151 Å². The van der Waals surface area contributed by atoms with E-state index in [1.54, 1.807) is 0 Å².